The Morgan fingerprint density at radius 1 is 1.38 bits per heavy atom. The predicted octanol–water partition coefficient (Wildman–Crippen LogP) is 2.51. The van der Waals surface area contributed by atoms with Gasteiger partial charge in [0.05, 0.1) is 6.54 Å². The van der Waals surface area contributed by atoms with Crippen molar-refractivity contribution in [1.82, 2.24) is 10.2 Å². The maximum atomic E-state index is 12.5. The monoisotopic (exact) mass is 343 g/mol. The van der Waals surface area contributed by atoms with Gasteiger partial charge in [0.2, 0.25) is 0 Å². The number of halogens is 3. The molecule has 0 aliphatic heterocycles. The number of nitrogens with one attached hydrogen (secondary N) is 1. The van der Waals surface area contributed by atoms with Crippen molar-refractivity contribution >= 4 is 5.91 Å². The Kier molecular flexibility index (Phi) is 6.23. The lowest BCUT2D eigenvalue weighted by Gasteiger charge is -2.23. The third-order valence-electron chi connectivity index (χ3n) is 4.07. The summed E-state index contributed by atoms with van der Waals surface area (Å²) < 4.78 is 37.5. The fourth-order valence-corrected chi connectivity index (χ4v) is 2.78. The average molecular weight is 343 g/mol. The van der Waals surface area contributed by atoms with Crippen LogP contribution in [0.2, 0.25) is 0 Å². The summed E-state index contributed by atoms with van der Waals surface area (Å²) in [7, 11) is 0. The fourth-order valence-electron chi connectivity index (χ4n) is 2.78. The summed E-state index contributed by atoms with van der Waals surface area (Å²) in [5.74, 6) is 0.0408. The van der Waals surface area contributed by atoms with E-state index in [2.05, 4.69) is 5.32 Å². The molecular formula is C17H24F3N3O. The van der Waals surface area contributed by atoms with E-state index in [1.54, 1.807) is 6.07 Å². The fraction of sp³-hybridized carbons (Fsp3) is 0.588. The van der Waals surface area contributed by atoms with Crippen molar-refractivity contribution in [3.8, 4) is 0 Å². The molecule has 3 N–H and O–H groups in total. The van der Waals surface area contributed by atoms with E-state index in [-0.39, 0.29) is 25.0 Å². The summed E-state index contributed by atoms with van der Waals surface area (Å²) in [4.78, 5) is 13.5. The van der Waals surface area contributed by atoms with Crippen molar-refractivity contribution in [3.05, 3.63) is 35.4 Å². The molecule has 0 heterocycles. The summed E-state index contributed by atoms with van der Waals surface area (Å²) in [5.41, 5.74) is 7.38. The maximum Gasteiger partial charge on any atom is 0.401 e. The van der Waals surface area contributed by atoms with Gasteiger partial charge in [-0.15, -0.1) is 0 Å². The highest BCUT2D eigenvalue weighted by Crippen LogP contribution is 2.39. The normalized spacial score (nSPS) is 20.2. The Morgan fingerprint density at radius 2 is 2.08 bits per heavy atom. The summed E-state index contributed by atoms with van der Waals surface area (Å²) in [6.45, 7) is 1.58. The van der Waals surface area contributed by atoms with Gasteiger partial charge in [-0.25, -0.2) is 0 Å². The molecule has 2 rings (SSSR count). The van der Waals surface area contributed by atoms with Gasteiger partial charge in [-0.1, -0.05) is 19.1 Å². The van der Waals surface area contributed by atoms with Crippen molar-refractivity contribution < 1.29 is 18.0 Å². The number of rotatable bonds is 8. The van der Waals surface area contributed by atoms with Crippen molar-refractivity contribution in [3.63, 3.8) is 0 Å². The van der Waals surface area contributed by atoms with E-state index in [0.717, 1.165) is 12.0 Å². The number of nitrogens with two attached hydrogens (primary N) is 1. The van der Waals surface area contributed by atoms with E-state index >= 15 is 0 Å². The molecule has 2 unspecified atom stereocenters. The first-order chi connectivity index (χ1) is 11.3. The summed E-state index contributed by atoms with van der Waals surface area (Å²) in [6.07, 6.45) is -2.67. The van der Waals surface area contributed by atoms with Crippen LogP contribution in [0, 0.1) is 0 Å². The number of hydrogen-bond acceptors (Lipinski definition) is 3. The Hall–Kier alpha value is -1.60. The van der Waals surface area contributed by atoms with Gasteiger partial charge in [0, 0.05) is 30.6 Å². The molecule has 134 valence electrons. The van der Waals surface area contributed by atoms with E-state index in [1.807, 2.05) is 25.1 Å². The number of carbonyl (C=O) groups excluding carboxylic acids is 1. The first-order valence-electron chi connectivity index (χ1n) is 8.23. The van der Waals surface area contributed by atoms with Crippen LogP contribution >= 0.6 is 0 Å². The van der Waals surface area contributed by atoms with Gasteiger partial charge < -0.3 is 11.1 Å². The van der Waals surface area contributed by atoms with Gasteiger partial charge in [-0.3, -0.25) is 9.69 Å². The van der Waals surface area contributed by atoms with Crippen LogP contribution in [0.4, 0.5) is 13.2 Å². The molecule has 1 aliphatic carbocycles. The van der Waals surface area contributed by atoms with Crippen LogP contribution in [0.15, 0.2) is 24.3 Å². The van der Waals surface area contributed by atoms with Gasteiger partial charge in [0.25, 0.3) is 5.91 Å². The maximum absolute atomic E-state index is 12.5. The van der Waals surface area contributed by atoms with Gasteiger partial charge in [0.15, 0.2) is 0 Å². The molecule has 1 amide bonds. The lowest BCUT2D eigenvalue weighted by atomic mass is 10.1. The summed E-state index contributed by atoms with van der Waals surface area (Å²) in [5, 5.41) is 2.69. The standard InChI is InChI=1S/C17H24F3N3O/c1-2-7-23(11-17(18,19)20)8-6-22-16(24)13-5-3-4-12(9-13)14-10-15(14)21/h3-5,9,14-15H,2,6-8,10-11,21H2,1H3,(H,22,24). The molecule has 0 saturated heterocycles. The number of nitrogens with zero attached hydrogens (tertiary/aromatic N) is 1. The molecule has 0 bridgehead atoms. The minimum Gasteiger partial charge on any atom is -0.351 e. The minimum absolute atomic E-state index is 0.160. The molecule has 1 aromatic carbocycles. The Morgan fingerprint density at radius 3 is 2.67 bits per heavy atom. The second-order valence-corrected chi connectivity index (χ2v) is 6.28. The first-order valence-corrected chi connectivity index (χ1v) is 8.23. The van der Waals surface area contributed by atoms with Gasteiger partial charge in [-0.2, -0.15) is 13.2 Å². The van der Waals surface area contributed by atoms with Gasteiger partial charge >= 0.3 is 6.18 Å². The summed E-state index contributed by atoms with van der Waals surface area (Å²) in [6, 6.07) is 7.43. The molecular weight excluding hydrogens is 319 g/mol. The van der Waals surface area contributed by atoms with Crippen LogP contribution in [-0.4, -0.2) is 49.2 Å². The van der Waals surface area contributed by atoms with Crippen LogP contribution in [0.5, 0.6) is 0 Å². The number of hydrogen-bond donors (Lipinski definition) is 2. The molecule has 0 radical (unpaired) electrons. The Labute approximate surface area is 140 Å². The number of benzene rings is 1. The lowest BCUT2D eigenvalue weighted by molar-refractivity contribution is -0.145. The Bertz CT molecular complexity index is 562. The number of alkyl halides is 3. The zero-order valence-corrected chi connectivity index (χ0v) is 13.8. The van der Waals surface area contributed by atoms with Crippen molar-refractivity contribution in [1.29, 1.82) is 0 Å². The third kappa shape index (κ3) is 5.79. The highest BCUT2D eigenvalue weighted by atomic mass is 19.4. The van der Waals surface area contributed by atoms with Crippen LogP contribution in [-0.2, 0) is 0 Å². The second-order valence-electron chi connectivity index (χ2n) is 6.28. The van der Waals surface area contributed by atoms with Gasteiger partial charge in [0.1, 0.15) is 0 Å². The van der Waals surface area contributed by atoms with E-state index in [1.165, 1.54) is 4.90 Å². The number of carbonyl (C=O) groups is 1. The van der Waals surface area contributed by atoms with E-state index in [0.29, 0.717) is 24.4 Å². The molecule has 1 saturated carbocycles. The zero-order valence-electron chi connectivity index (χ0n) is 13.8. The SMILES string of the molecule is CCCN(CCNC(=O)c1cccc(C2CC2N)c1)CC(F)(F)F. The molecule has 1 aliphatic rings. The predicted molar refractivity (Wildman–Crippen MR) is 86.9 cm³/mol. The van der Waals surface area contributed by atoms with Crippen LogP contribution in [0.3, 0.4) is 0 Å². The average Bonchev–Trinajstić information content (AvgIpc) is 3.23. The molecule has 7 heteroatoms. The highest BCUT2D eigenvalue weighted by molar-refractivity contribution is 5.94. The number of amides is 1. The Balaban J connectivity index is 1.83. The smallest absolute Gasteiger partial charge is 0.351 e. The largest absolute Gasteiger partial charge is 0.401 e. The van der Waals surface area contributed by atoms with Crippen LogP contribution in [0.1, 0.15) is 41.6 Å². The molecule has 0 aromatic heterocycles. The van der Waals surface area contributed by atoms with E-state index in [4.69, 9.17) is 5.73 Å². The van der Waals surface area contributed by atoms with E-state index < -0.39 is 12.7 Å². The van der Waals surface area contributed by atoms with Crippen molar-refractivity contribution in [2.75, 3.05) is 26.2 Å². The minimum atomic E-state index is -4.23. The van der Waals surface area contributed by atoms with E-state index in [9.17, 15) is 18.0 Å². The topological polar surface area (TPSA) is 58.4 Å². The van der Waals surface area contributed by atoms with Crippen molar-refractivity contribution in [2.24, 2.45) is 5.73 Å². The molecule has 24 heavy (non-hydrogen) atoms. The quantitative estimate of drug-likeness (QED) is 0.762. The van der Waals surface area contributed by atoms with Crippen molar-refractivity contribution in [2.45, 2.75) is 37.9 Å². The molecule has 2 atom stereocenters. The zero-order chi connectivity index (χ0) is 17.7. The molecule has 1 fully saturated rings. The second kappa shape index (κ2) is 7.98. The molecule has 4 nitrogen and oxygen atoms in total. The van der Waals surface area contributed by atoms with Gasteiger partial charge in [-0.05, 0) is 37.1 Å². The molecule has 1 aromatic rings. The lowest BCUT2D eigenvalue weighted by Crippen LogP contribution is -2.40. The first kappa shape index (κ1) is 18.7. The van der Waals surface area contributed by atoms with Crippen LogP contribution < -0.4 is 11.1 Å². The van der Waals surface area contributed by atoms with Crippen LogP contribution in [0.25, 0.3) is 0 Å². The highest BCUT2D eigenvalue weighted by Gasteiger charge is 2.35. The third-order valence-corrected chi connectivity index (χ3v) is 4.07. The molecule has 0 spiro atoms. The summed E-state index contributed by atoms with van der Waals surface area (Å²) >= 11 is 0.